The van der Waals surface area contributed by atoms with Gasteiger partial charge in [0.15, 0.2) is 0 Å². The normalized spacial score (nSPS) is 18.8. The van der Waals surface area contributed by atoms with Crippen LogP contribution in [0.15, 0.2) is 0 Å². The third-order valence-corrected chi connectivity index (χ3v) is 5.07. The highest BCUT2D eigenvalue weighted by atomic mass is 16.2. The van der Waals surface area contributed by atoms with Crippen LogP contribution in [0, 0.1) is 10.8 Å². The van der Waals surface area contributed by atoms with Crippen molar-refractivity contribution in [3.8, 4) is 0 Å². The van der Waals surface area contributed by atoms with Gasteiger partial charge in [-0.1, -0.05) is 52.9 Å². The van der Waals surface area contributed by atoms with Crippen LogP contribution in [0.25, 0.3) is 0 Å². The number of rotatable bonds is 8. The molecule has 0 bridgehead atoms. The van der Waals surface area contributed by atoms with E-state index in [1.807, 2.05) is 0 Å². The lowest BCUT2D eigenvalue weighted by molar-refractivity contribution is -0.132. The average Bonchev–Trinajstić information content (AvgIpc) is 2.45. The lowest BCUT2D eigenvalue weighted by Gasteiger charge is -2.36. The predicted molar refractivity (Wildman–Crippen MR) is 85.5 cm³/mol. The number of nitrogens with two attached hydrogens (primary N) is 1. The van der Waals surface area contributed by atoms with E-state index in [1.54, 1.807) is 0 Å². The van der Waals surface area contributed by atoms with Crippen molar-refractivity contribution >= 4 is 5.91 Å². The van der Waals surface area contributed by atoms with Crippen LogP contribution in [0.3, 0.4) is 0 Å². The summed E-state index contributed by atoms with van der Waals surface area (Å²) >= 11 is 0. The van der Waals surface area contributed by atoms with Gasteiger partial charge >= 0.3 is 0 Å². The molecule has 0 aromatic carbocycles. The molecule has 0 aliphatic heterocycles. The van der Waals surface area contributed by atoms with Gasteiger partial charge in [-0.25, -0.2) is 0 Å². The number of amides is 1. The summed E-state index contributed by atoms with van der Waals surface area (Å²) in [6.45, 7) is 7.88. The Balaban J connectivity index is 2.61. The van der Waals surface area contributed by atoms with Gasteiger partial charge < -0.3 is 11.1 Å². The van der Waals surface area contributed by atoms with E-state index in [4.69, 9.17) is 5.73 Å². The Labute approximate surface area is 125 Å². The monoisotopic (exact) mass is 282 g/mol. The number of nitrogens with one attached hydrogen (secondary N) is 1. The summed E-state index contributed by atoms with van der Waals surface area (Å²) in [6.07, 6.45) is 10.3. The first kappa shape index (κ1) is 17.5. The molecule has 0 radical (unpaired) electrons. The van der Waals surface area contributed by atoms with Crippen molar-refractivity contribution in [3.63, 3.8) is 0 Å². The van der Waals surface area contributed by atoms with Gasteiger partial charge in [-0.05, 0) is 31.1 Å². The molecule has 1 rings (SSSR count). The SMILES string of the molecule is CCCC(CN)(CCC)C(=O)NCC1(C)CCCCC1. The molecule has 0 aromatic rings. The standard InChI is InChI=1S/C17H34N2O/c1-4-9-17(13-18,10-5-2)15(20)19-14-16(3)11-7-6-8-12-16/h4-14,18H2,1-3H3,(H,19,20). The second kappa shape index (κ2) is 8.02. The van der Waals surface area contributed by atoms with Crippen LogP contribution in [0.5, 0.6) is 0 Å². The van der Waals surface area contributed by atoms with Crippen LogP contribution in [0.4, 0.5) is 0 Å². The zero-order valence-corrected chi connectivity index (χ0v) is 13.8. The fraction of sp³-hybridized carbons (Fsp3) is 0.941. The third-order valence-electron chi connectivity index (χ3n) is 5.07. The van der Waals surface area contributed by atoms with Crippen LogP contribution >= 0.6 is 0 Å². The Morgan fingerprint density at radius 2 is 1.70 bits per heavy atom. The Hall–Kier alpha value is -0.570. The molecule has 20 heavy (non-hydrogen) atoms. The summed E-state index contributed by atoms with van der Waals surface area (Å²) in [4.78, 5) is 12.7. The molecular formula is C17H34N2O. The smallest absolute Gasteiger partial charge is 0.227 e. The molecule has 0 heterocycles. The second-order valence-electron chi connectivity index (χ2n) is 7.04. The molecule has 3 heteroatoms. The zero-order valence-electron chi connectivity index (χ0n) is 13.8. The minimum atomic E-state index is -0.339. The zero-order chi connectivity index (χ0) is 15.1. The van der Waals surface area contributed by atoms with Crippen molar-refractivity contribution in [2.45, 2.75) is 78.6 Å². The van der Waals surface area contributed by atoms with Gasteiger partial charge in [0.2, 0.25) is 5.91 Å². The molecular weight excluding hydrogens is 248 g/mol. The third kappa shape index (κ3) is 4.47. The highest BCUT2D eigenvalue weighted by molar-refractivity contribution is 5.82. The Morgan fingerprint density at radius 1 is 1.15 bits per heavy atom. The van der Waals surface area contributed by atoms with Crippen molar-refractivity contribution in [1.82, 2.24) is 5.32 Å². The summed E-state index contributed by atoms with van der Waals surface area (Å²) in [6, 6.07) is 0. The average molecular weight is 282 g/mol. The minimum absolute atomic E-state index is 0.190. The van der Waals surface area contributed by atoms with Crippen LogP contribution in [0.2, 0.25) is 0 Å². The first-order chi connectivity index (χ1) is 9.52. The van der Waals surface area contributed by atoms with Crippen molar-refractivity contribution < 1.29 is 4.79 Å². The molecule has 1 aliphatic carbocycles. The molecule has 0 aromatic heterocycles. The van der Waals surface area contributed by atoms with E-state index in [1.165, 1.54) is 32.1 Å². The van der Waals surface area contributed by atoms with E-state index in [0.29, 0.717) is 12.0 Å². The minimum Gasteiger partial charge on any atom is -0.355 e. The van der Waals surface area contributed by atoms with Crippen LogP contribution in [0.1, 0.15) is 78.6 Å². The quantitative estimate of drug-likeness (QED) is 0.714. The van der Waals surface area contributed by atoms with E-state index >= 15 is 0 Å². The molecule has 3 N–H and O–H groups in total. The molecule has 1 aliphatic rings. The molecule has 1 saturated carbocycles. The lowest BCUT2D eigenvalue weighted by atomic mass is 9.74. The van der Waals surface area contributed by atoms with E-state index in [2.05, 4.69) is 26.1 Å². The summed E-state index contributed by atoms with van der Waals surface area (Å²) < 4.78 is 0. The largest absolute Gasteiger partial charge is 0.355 e. The molecule has 118 valence electrons. The van der Waals surface area contributed by atoms with Gasteiger partial charge in [0.1, 0.15) is 0 Å². The molecule has 0 atom stereocenters. The van der Waals surface area contributed by atoms with Gasteiger partial charge in [0.05, 0.1) is 5.41 Å². The Bertz CT molecular complexity index is 289. The van der Waals surface area contributed by atoms with Gasteiger partial charge in [0, 0.05) is 13.1 Å². The maximum absolute atomic E-state index is 12.7. The Kier molecular flexibility index (Phi) is 7.01. The molecule has 1 amide bonds. The van der Waals surface area contributed by atoms with E-state index in [9.17, 15) is 4.79 Å². The summed E-state index contributed by atoms with van der Waals surface area (Å²) in [7, 11) is 0. The van der Waals surface area contributed by atoms with Crippen molar-refractivity contribution in [1.29, 1.82) is 0 Å². The summed E-state index contributed by atoms with van der Waals surface area (Å²) in [5.74, 6) is 0.190. The maximum Gasteiger partial charge on any atom is 0.227 e. The summed E-state index contributed by atoms with van der Waals surface area (Å²) in [5, 5.41) is 3.24. The number of hydrogen-bond acceptors (Lipinski definition) is 2. The van der Waals surface area contributed by atoms with Crippen LogP contribution in [-0.2, 0) is 4.79 Å². The highest BCUT2D eigenvalue weighted by Crippen LogP contribution is 2.36. The Morgan fingerprint density at radius 3 is 2.15 bits per heavy atom. The van der Waals surface area contributed by atoms with E-state index in [0.717, 1.165) is 32.2 Å². The topological polar surface area (TPSA) is 55.1 Å². The predicted octanol–water partition coefficient (Wildman–Crippen LogP) is 3.62. The molecule has 0 unspecified atom stereocenters. The van der Waals surface area contributed by atoms with Crippen LogP contribution < -0.4 is 11.1 Å². The first-order valence-electron chi connectivity index (χ1n) is 8.50. The second-order valence-corrected chi connectivity index (χ2v) is 7.04. The molecule has 0 spiro atoms. The number of carbonyl (C=O) groups is 1. The molecule has 0 saturated heterocycles. The van der Waals surface area contributed by atoms with Gasteiger partial charge in [-0.3, -0.25) is 4.79 Å². The number of carbonyl (C=O) groups excluding carboxylic acids is 1. The van der Waals surface area contributed by atoms with Crippen molar-refractivity contribution in [2.75, 3.05) is 13.1 Å². The molecule has 1 fully saturated rings. The number of hydrogen-bond donors (Lipinski definition) is 2. The molecule has 3 nitrogen and oxygen atoms in total. The van der Waals surface area contributed by atoms with Crippen molar-refractivity contribution in [3.05, 3.63) is 0 Å². The van der Waals surface area contributed by atoms with Crippen molar-refractivity contribution in [2.24, 2.45) is 16.6 Å². The summed E-state index contributed by atoms with van der Waals surface area (Å²) in [5.41, 5.74) is 5.92. The lowest BCUT2D eigenvalue weighted by Crippen LogP contribution is -2.48. The van der Waals surface area contributed by atoms with Gasteiger partial charge in [-0.15, -0.1) is 0 Å². The first-order valence-corrected chi connectivity index (χ1v) is 8.50. The van der Waals surface area contributed by atoms with Gasteiger partial charge in [-0.2, -0.15) is 0 Å². The van der Waals surface area contributed by atoms with E-state index < -0.39 is 0 Å². The van der Waals surface area contributed by atoms with Gasteiger partial charge in [0.25, 0.3) is 0 Å². The van der Waals surface area contributed by atoms with E-state index in [-0.39, 0.29) is 11.3 Å². The fourth-order valence-corrected chi connectivity index (χ4v) is 3.67. The van der Waals surface area contributed by atoms with Crippen LogP contribution in [-0.4, -0.2) is 19.0 Å². The fourth-order valence-electron chi connectivity index (χ4n) is 3.67. The highest BCUT2D eigenvalue weighted by Gasteiger charge is 2.36. The maximum atomic E-state index is 12.7.